The summed E-state index contributed by atoms with van der Waals surface area (Å²) in [5.41, 5.74) is 6.36. The third kappa shape index (κ3) is 4.32. The molecule has 3 rings (SSSR count). The van der Waals surface area contributed by atoms with Gasteiger partial charge in [0.25, 0.3) is 0 Å². The third-order valence-electron chi connectivity index (χ3n) is 6.65. The van der Waals surface area contributed by atoms with Crippen molar-refractivity contribution in [2.24, 2.45) is 35.3 Å². The third-order valence-corrected chi connectivity index (χ3v) is 6.65. The van der Waals surface area contributed by atoms with E-state index in [1.54, 1.807) is 0 Å². The fraction of sp³-hybridized carbons (Fsp3) is 0.950. The lowest BCUT2D eigenvalue weighted by molar-refractivity contribution is -0.128. The van der Waals surface area contributed by atoms with Gasteiger partial charge in [0.15, 0.2) is 0 Å². The number of carbonyl (C=O) groups excluding carboxylic acids is 1. The molecule has 5 atom stereocenters. The summed E-state index contributed by atoms with van der Waals surface area (Å²) in [5, 5.41) is 3.31. The van der Waals surface area contributed by atoms with Crippen LogP contribution in [0.25, 0.3) is 0 Å². The normalized spacial score (nSPS) is 41.7. The van der Waals surface area contributed by atoms with Crippen LogP contribution in [-0.2, 0) is 4.79 Å². The van der Waals surface area contributed by atoms with Gasteiger partial charge in [0.1, 0.15) is 0 Å². The van der Waals surface area contributed by atoms with E-state index >= 15 is 0 Å². The van der Waals surface area contributed by atoms with Crippen LogP contribution in [0.15, 0.2) is 0 Å². The van der Waals surface area contributed by atoms with Gasteiger partial charge in [0, 0.05) is 37.6 Å². The second kappa shape index (κ2) is 7.74. The molecule has 4 nitrogen and oxygen atoms in total. The van der Waals surface area contributed by atoms with Crippen LogP contribution in [-0.4, -0.2) is 42.5 Å². The molecule has 4 heteroatoms. The molecule has 5 unspecified atom stereocenters. The van der Waals surface area contributed by atoms with Crippen LogP contribution in [0.4, 0.5) is 0 Å². The Morgan fingerprint density at radius 1 is 1.12 bits per heavy atom. The van der Waals surface area contributed by atoms with E-state index in [1.807, 2.05) is 0 Å². The summed E-state index contributed by atoms with van der Waals surface area (Å²) in [4.78, 5) is 15.3. The molecule has 0 radical (unpaired) electrons. The molecule has 24 heavy (non-hydrogen) atoms. The topological polar surface area (TPSA) is 58.4 Å². The molecule has 1 heterocycles. The van der Waals surface area contributed by atoms with Crippen LogP contribution < -0.4 is 11.1 Å². The van der Waals surface area contributed by atoms with Crippen molar-refractivity contribution in [3.05, 3.63) is 0 Å². The van der Waals surface area contributed by atoms with Crippen molar-refractivity contribution in [1.29, 1.82) is 0 Å². The zero-order valence-electron chi connectivity index (χ0n) is 15.8. The van der Waals surface area contributed by atoms with E-state index in [-0.39, 0.29) is 17.9 Å². The Kier molecular flexibility index (Phi) is 5.86. The van der Waals surface area contributed by atoms with E-state index in [1.165, 1.54) is 38.8 Å². The standard InChI is InChI=1S/C20H37N3O/c1-13-7-14(2)11-23(10-13)12-15(3)22-20(24)18-8-16-5-4-6-17(9-18)19(16)21/h13-19H,4-12,21H2,1-3H3,(H,22,24). The second-order valence-corrected chi connectivity index (χ2v) is 9.27. The smallest absolute Gasteiger partial charge is 0.223 e. The van der Waals surface area contributed by atoms with Crippen molar-refractivity contribution in [3.63, 3.8) is 0 Å². The molecule has 1 aliphatic heterocycles. The molecule has 0 aromatic heterocycles. The lowest BCUT2D eigenvalue weighted by Gasteiger charge is -2.43. The first-order chi connectivity index (χ1) is 11.4. The zero-order chi connectivity index (χ0) is 17.3. The Labute approximate surface area is 147 Å². The monoisotopic (exact) mass is 335 g/mol. The van der Waals surface area contributed by atoms with Gasteiger partial charge in [-0.1, -0.05) is 20.3 Å². The van der Waals surface area contributed by atoms with Gasteiger partial charge in [-0.15, -0.1) is 0 Å². The first-order valence-corrected chi connectivity index (χ1v) is 10.2. The summed E-state index contributed by atoms with van der Waals surface area (Å²) >= 11 is 0. The van der Waals surface area contributed by atoms with E-state index in [4.69, 9.17) is 5.73 Å². The first kappa shape index (κ1) is 18.2. The van der Waals surface area contributed by atoms with Crippen LogP contribution in [0.1, 0.15) is 59.3 Å². The minimum absolute atomic E-state index is 0.196. The highest BCUT2D eigenvalue weighted by Crippen LogP contribution is 2.41. The highest BCUT2D eigenvalue weighted by molar-refractivity contribution is 5.79. The number of hydrogen-bond donors (Lipinski definition) is 2. The van der Waals surface area contributed by atoms with Gasteiger partial charge in [-0.05, 0) is 62.7 Å². The quantitative estimate of drug-likeness (QED) is 0.830. The van der Waals surface area contributed by atoms with Gasteiger partial charge < -0.3 is 16.0 Å². The lowest BCUT2D eigenvalue weighted by atomic mass is 9.65. The molecule has 3 fully saturated rings. The van der Waals surface area contributed by atoms with Crippen LogP contribution in [0.5, 0.6) is 0 Å². The number of rotatable bonds is 4. The van der Waals surface area contributed by atoms with E-state index in [0.29, 0.717) is 17.9 Å². The minimum atomic E-state index is 0.196. The Balaban J connectivity index is 1.47. The number of hydrogen-bond acceptors (Lipinski definition) is 3. The van der Waals surface area contributed by atoms with E-state index in [0.717, 1.165) is 31.2 Å². The minimum Gasteiger partial charge on any atom is -0.352 e. The molecular formula is C20H37N3O. The zero-order valence-corrected chi connectivity index (χ0v) is 15.8. The first-order valence-electron chi connectivity index (χ1n) is 10.2. The van der Waals surface area contributed by atoms with Gasteiger partial charge in [0.05, 0.1) is 0 Å². The Bertz CT molecular complexity index is 417. The average Bonchev–Trinajstić information content (AvgIpc) is 2.45. The molecule has 0 aromatic carbocycles. The summed E-state index contributed by atoms with van der Waals surface area (Å²) in [6.07, 6.45) is 7.10. The van der Waals surface area contributed by atoms with Crippen LogP contribution in [0, 0.1) is 29.6 Å². The van der Waals surface area contributed by atoms with E-state index in [9.17, 15) is 4.79 Å². The molecule has 2 saturated carbocycles. The van der Waals surface area contributed by atoms with Crippen LogP contribution >= 0.6 is 0 Å². The maximum absolute atomic E-state index is 12.7. The largest absolute Gasteiger partial charge is 0.352 e. The molecule has 1 amide bonds. The fourth-order valence-electron chi connectivity index (χ4n) is 5.74. The van der Waals surface area contributed by atoms with Gasteiger partial charge in [0.2, 0.25) is 5.91 Å². The number of fused-ring (bicyclic) bond motifs is 2. The average molecular weight is 336 g/mol. The Morgan fingerprint density at radius 3 is 2.29 bits per heavy atom. The Morgan fingerprint density at radius 2 is 1.71 bits per heavy atom. The molecule has 3 N–H and O–H groups in total. The number of carbonyl (C=O) groups is 1. The van der Waals surface area contributed by atoms with Crippen LogP contribution in [0.3, 0.4) is 0 Å². The molecule has 1 saturated heterocycles. The van der Waals surface area contributed by atoms with E-state index in [2.05, 4.69) is 31.0 Å². The number of nitrogens with zero attached hydrogens (tertiary/aromatic N) is 1. The number of nitrogens with one attached hydrogen (secondary N) is 1. The summed E-state index contributed by atoms with van der Waals surface area (Å²) in [5.74, 6) is 3.18. The Hall–Kier alpha value is -0.610. The van der Waals surface area contributed by atoms with E-state index < -0.39 is 0 Å². The second-order valence-electron chi connectivity index (χ2n) is 9.27. The van der Waals surface area contributed by atoms with Crippen molar-refractivity contribution in [3.8, 4) is 0 Å². The van der Waals surface area contributed by atoms with Crippen LogP contribution in [0.2, 0.25) is 0 Å². The highest BCUT2D eigenvalue weighted by atomic mass is 16.1. The molecular weight excluding hydrogens is 298 g/mol. The van der Waals surface area contributed by atoms with Crippen molar-refractivity contribution in [2.45, 2.75) is 71.4 Å². The maximum atomic E-state index is 12.7. The van der Waals surface area contributed by atoms with Crippen molar-refractivity contribution >= 4 is 5.91 Å². The fourth-order valence-corrected chi connectivity index (χ4v) is 5.74. The number of nitrogens with two attached hydrogens (primary N) is 1. The van der Waals surface area contributed by atoms with Crippen molar-refractivity contribution < 1.29 is 4.79 Å². The predicted molar refractivity (Wildman–Crippen MR) is 98.5 cm³/mol. The van der Waals surface area contributed by atoms with Gasteiger partial charge in [-0.2, -0.15) is 0 Å². The van der Waals surface area contributed by atoms with Gasteiger partial charge in [-0.3, -0.25) is 4.79 Å². The predicted octanol–water partition coefficient (Wildman–Crippen LogP) is 2.62. The summed E-state index contributed by atoms with van der Waals surface area (Å²) in [6.45, 7) is 10.2. The van der Waals surface area contributed by atoms with Gasteiger partial charge in [-0.25, -0.2) is 0 Å². The maximum Gasteiger partial charge on any atom is 0.223 e. The molecule has 2 bridgehead atoms. The molecule has 138 valence electrons. The number of amides is 1. The molecule has 0 aromatic rings. The molecule has 3 aliphatic rings. The van der Waals surface area contributed by atoms with Crippen molar-refractivity contribution in [1.82, 2.24) is 10.2 Å². The van der Waals surface area contributed by atoms with Crippen molar-refractivity contribution in [2.75, 3.05) is 19.6 Å². The lowest BCUT2D eigenvalue weighted by Crippen LogP contribution is -2.51. The highest BCUT2D eigenvalue weighted by Gasteiger charge is 2.40. The number of piperidine rings is 1. The number of likely N-dealkylation sites (tertiary alicyclic amines) is 1. The summed E-state index contributed by atoms with van der Waals surface area (Å²) in [6, 6.07) is 0.585. The molecule has 2 aliphatic carbocycles. The summed E-state index contributed by atoms with van der Waals surface area (Å²) < 4.78 is 0. The molecule has 0 spiro atoms. The summed E-state index contributed by atoms with van der Waals surface area (Å²) in [7, 11) is 0. The van der Waals surface area contributed by atoms with Gasteiger partial charge >= 0.3 is 0 Å². The SMILES string of the molecule is CC1CC(C)CN(CC(C)NC(=O)C2CC3CCCC(C2)C3N)C1.